The third-order valence-corrected chi connectivity index (χ3v) is 8.25. The van der Waals surface area contributed by atoms with Gasteiger partial charge in [0.15, 0.2) is 16.4 Å². The smallest absolute Gasteiger partial charge is 0.315 e. The van der Waals surface area contributed by atoms with E-state index in [1.54, 1.807) is 19.9 Å². The fraction of sp³-hybridized carbons (Fsp3) is 0.647. The average Bonchev–Trinajstić information content (AvgIpc) is 2.80. The summed E-state index contributed by atoms with van der Waals surface area (Å²) in [5.74, 6) is -0.686. The monoisotopic (exact) mass is 421 g/mol. The number of nitrogens with zero attached hydrogens (tertiary/aromatic N) is 1. The van der Waals surface area contributed by atoms with E-state index >= 15 is 0 Å². The molecular weight excluding hydrogens is 401 g/mol. The lowest BCUT2D eigenvalue weighted by molar-refractivity contribution is -0.148. The van der Waals surface area contributed by atoms with Gasteiger partial charge in [0, 0.05) is 29.4 Å². The van der Waals surface area contributed by atoms with Crippen molar-refractivity contribution >= 4 is 44.8 Å². The van der Waals surface area contributed by atoms with Crippen LogP contribution in [-0.4, -0.2) is 47.2 Å². The van der Waals surface area contributed by atoms with Gasteiger partial charge >= 0.3 is 5.97 Å². The van der Waals surface area contributed by atoms with Gasteiger partial charge in [0.05, 0.1) is 11.5 Å². The number of carbonyl (C=O) groups is 2. The van der Waals surface area contributed by atoms with Gasteiger partial charge in [-0.2, -0.15) is 0 Å². The zero-order valence-corrected chi connectivity index (χ0v) is 17.2. The van der Waals surface area contributed by atoms with Crippen LogP contribution >= 0.6 is 23.2 Å². The SMILES string of the molecule is Cc1cc(C(=O)COC(=O)[C@@]2(C)CC2(Cl)Cl)c(C)n1[C@H]1CCS(=O)(=O)C1. The van der Waals surface area contributed by atoms with Crippen LogP contribution in [0.4, 0.5) is 0 Å². The number of aryl methyl sites for hydroxylation is 1. The van der Waals surface area contributed by atoms with Crippen LogP contribution in [0.2, 0.25) is 0 Å². The molecule has 6 nitrogen and oxygen atoms in total. The molecule has 2 fully saturated rings. The number of aromatic nitrogens is 1. The zero-order valence-electron chi connectivity index (χ0n) is 14.8. The molecule has 0 spiro atoms. The van der Waals surface area contributed by atoms with Crippen LogP contribution in [0, 0.1) is 19.3 Å². The zero-order chi connectivity index (χ0) is 19.5. The third kappa shape index (κ3) is 3.29. The van der Waals surface area contributed by atoms with Crippen LogP contribution in [0.25, 0.3) is 0 Å². The fourth-order valence-corrected chi connectivity index (χ4v) is 5.98. The molecule has 144 valence electrons. The molecule has 0 unspecified atom stereocenters. The Kier molecular flexibility index (Phi) is 4.73. The summed E-state index contributed by atoms with van der Waals surface area (Å²) >= 11 is 11.9. The van der Waals surface area contributed by atoms with Gasteiger partial charge in [-0.15, -0.1) is 23.2 Å². The second kappa shape index (κ2) is 6.24. The number of ether oxygens (including phenoxy) is 1. The van der Waals surface area contributed by atoms with E-state index in [0.29, 0.717) is 24.1 Å². The van der Waals surface area contributed by atoms with Crippen molar-refractivity contribution in [2.75, 3.05) is 18.1 Å². The third-order valence-electron chi connectivity index (χ3n) is 5.40. The minimum Gasteiger partial charge on any atom is -0.457 e. The van der Waals surface area contributed by atoms with E-state index in [9.17, 15) is 18.0 Å². The Morgan fingerprint density at radius 2 is 1.96 bits per heavy atom. The molecule has 0 bridgehead atoms. The number of alkyl halides is 2. The largest absolute Gasteiger partial charge is 0.457 e. The first-order valence-corrected chi connectivity index (χ1v) is 10.9. The van der Waals surface area contributed by atoms with Gasteiger partial charge in [-0.05, 0) is 33.3 Å². The van der Waals surface area contributed by atoms with Gasteiger partial charge in [-0.25, -0.2) is 8.42 Å². The Morgan fingerprint density at radius 3 is 2.46 bits per heavy atom. The van der Waals surface area contributed by atoms with E-state index in [0.717, 1.165) is 5.69 Å². The van der Waals surface area contributed by atoms with Crippen LogP contribution in [-0.2, 0) is 19.4 Å². The Labute approximate surface area is 162 Å². The molecule has 1 saturated carbocycles. The molecule has 2 atom stereocenters. The Morgan fingerprint density at radius 1 is 1.35 bits per heavy atom. The molecule has 1 aliphatic carbocycles. The van der Waals surface area contributed by atoms with Gasteiger partial charge in [0.2, 0.25) is 5.78 Å². The quantitative estimate of drug-likeness (QED) is 0.414. The predicted octanol–water partition coefficient (Wildman–Crippen LogP) is 2.77. The van der Waals surface area contributed by atoms with E-state index in [1.165, 1.54) is 0 Å². The Bertz CT molecular complexity index is 889. The van der Waals surface area contributed by atoms with Crippen molar-refractivity contribution in [2.45, 2.75) is 44.0 Å². The number of esters is 1. The molecule has 1 aliphatic heterocycles. The molecule has 1 saturated heterocycles. The van der Waals surface area contributed by atoms with E-state index in [4.69, 9.17) is 27.9 Å². The number of Topliss-reactive ketones (excluding diaryl/α,β-unsaturated/α-hetero) is 1. The van der Waals surface area contributed by atoms with Gasteiger partial charge < -0.3 is 9.30 Å². The van der Waals surface area contributed by atoms with Crippen molar-refractivity contribution in [2.24, 2.45) is 5.41 Å². The maximum atomic E-state index is 12.5. The molecule has 0 amide bonds. The number of sulfone groups is 1. The average molecular weight is 422 g/mol. The van der Waals surface area contributed by atoms with E-state index in [-0.39, 0.29) is 23.3 Å². The summed E-state index contributed by atoms with van der Waals surface area (Å²) in [6, 6.07) is 1.55. The summed E-state index contributed by atoms with van der Waals surface area (Å²) < 4.78 is 29.4. The summed E-state index contributed by atoms with van der Waals surface area (Å²) in [4.78, 5) is 24.6. The first kappa shape index (κ1) is 19.7. The first-order chi connectivity index (χ1) is 11.9. The van der Waals surface area contributed by atoms with Crippen molar-refractivity contribution in [1.82, 2.24) is 4.57 Å². The molecule has 2 heterocycles. The molecule has 9 heteroatoms. The van der Waals surface area contributed by atoms with E-state index in [2.05, 4.69) is 0 Å². The predicted molar refractivity (Wildman–Crippen MR) is 98.7 cm³/mol. The standard InChI is InChI=1S/C17H21Cl2NO5S/c1-10-6-13(11(2)20(10)12-4-5-26(23,24)8-12)14(21)7-25-15(22)16(3)9-17(16,18)19/h6,12H,4-5,7-9H2,1-3H3/t12-,16+/m0/s1. The van der Waals surface area contributed by atoms with Crippen LogP contribution in [0.15, 0.2) is 6.07 Å². The molecule has 3 rings (SSSR count). The maximum absolute atomic E-state index is 12.5. The Balaban J connectivity index is 1.71. The van der Waals surface area contributed by atoms with Crippen LogP contribution in [0.3, 0.4) is 0 Å². The number of halogens is 2. The van der Waals surface area contributed by atoms with E-state index < -0.39 is 32.2 Å². The molecule has 0 aromatic carbocycles. The minimum atomic E-state index is -3.03. The first-order valence-electron chi connectivity index (χ1n) is 8.35. The lowest BCUT2D eigenvalue weighted by Crippen LogP contribution is -2.24. The molecule has 0 N–H and O–H groups in total. The second-order valence-electron chi connectivity index (χ2n) is 7.42. The molecule has 0 radical (unpaired) electrons. The van der Waals surface area contributed by atoms with Gasteiger partial charge in [0.25, 0.3) is 0 Å². The highest BCUT2D eigenvalue weighted by Crippen LogP contribution is 2.64. The summed E-state index contributed by atoms with van der Waals surface area (Å²) in [7, 11) is -3.03. The highest BCUT2D eigenvalue weighted by molar-refractivity contribution is 7.91. The molecule has 1 aromatic rings. The van der Waals surface area contributed by atoms with Crippen molar-refractivity contribution in [3.05, 3.63) is 23.0 Å². The van der Waals surface area contributed by atoms with Crippen molar-refractivity contribution in [3.63, 3.8) is 0 Å². The molecule has 26 heavy (non-hydrogen) atoms. The molecule has 1 aromatic heterocycles. The highest BCUT2D eigenvalue weighted by atomic mass is 35.5. The van der Waals surface area contributed by atoms with Gasteiger partial charge in [-0.1, -0.05) is 0 Å². The minimum absolute atomic E-state index is 0.0812. The van der Waals surface area contributed by atoms with Gasteiger partial charge in [-0.3, -0.25) is 9.59 Å². The van der Waals surface area contributed by atoms with Gasteiger partial charge in [0.1, 0.15) is 9.75 Å². The summed E-state index contributed by atoms with van der Waals surface area (Å²) in [5, 5.41) is 0. The number of hydrogen-bond donors (Lipinski definition) is 0. The lowest BCUT2D eigenvalue weighted by Gasteiger charge is -2.16. The lowest BCUT2D eigenvalue weighted by atomic mass is 10.1. The normalized spacial score (nSPS) is 28.7. The number of rotatable bonds is 5. The van der Waals surface area contributed by atoms with Crippen molar-refractivity contribution in [1.29, 1.82) is 0 Å². The van der Waals surface area contributed by atoms with Crippen LogP contribution in [0.1, 0.15) is 47.6 Å². The molecular formula is C17H21Cl2NO5S. The van der Waals surface area contributed by atoms with Crippen LogP contribution in [0.5, 0.6) is 0 Å². The maximum Gasteiger partial charge on any atom is 0.315 e. The summed E-state index contributed by atoms with van der Waals surface area (Å²) in [6.45, 7) is 4.82. The number of ketones is 1. The Hall–Kier alpha value is -1.05. The molecule has 2 aliphatic rings. The van der Waals surface area contributed by atoms with E-state index in [1.807, 2.05) is 11.5 Å². The van der Waals surface area contributed by atoms with Crippen LogP contribution < -0.4 is 0 Å². The van der Waals surface area contributed by atoms with Crippen molar-refractivity contribution < 1.29 is 22.7 Å². The summed E-state index contributed by atoms with van der Waals surface area (Å²) in [5.41, 5.74) is 0.954. The highest BCUT2D eigenvalue weighted by Gasteiger charge is 2.69. The number of carbonyl (C=O) groups excluding carboxylic acids is 2. The number of hydrogen-bond acceptors (Lipinski definition) is 5. The fourth-order valence-electron chi connectivity index (χ4n) is 3.59. The summed E-state index contributed by atoms with van der Waals surface area (Å²) in [6.07, 6.45) is 0.827. The second-order valence-corrected chi connectivity index (χ2v) is 11.1. The topological polar surface area (TPSA) is 82.4 Å². The van der Waals surface area contributed by atoms with Crippen molar-refractivity contribution in [3.8, 4) is 0 Å².